The van der Waals surface area contributed by atoms with Gasteiger partial charge in [-0.15, -0.1) is 23.6 Å². The van der Waals surface area contributed by atoms with Gasteiger partial charge >= 0.3 is 0 Å². The number of allylic oxidation sites excluding steroid dienone is 2. The van der Waals surface area contributed by atoms with Crippen LogP contribution in [-0.4, -0.2) is 20.9 Å². The number of rotatable bonds is 11. The summed E-state index contributed by atoms with van der Waals surface area (Å²) < 4.78 is 6.53. The zero-order valence-corrected chi connectivity index (χ0v) is 34.2. The maximum Gasteiger partial charge on any atom is 0.162 e. The van der Waals surface area contributed by atoms with Crippen LogP contribution < -0.4 is 0 Å². The van der Waals surface area contributed by atoms with Crippen LogP contribution in [0.3, 0.4) is 0 Å². The first-order valence-electron chi connectivity index (χ1n) is 19.1. The fourth-order valence-electron chi connectivity index (χ4n) is 7.45. The molecule has 0 saturated carbocycles. The number of aromatic nitrogens is 2. The van der Waals surface area contributed by atoms with E-state index in [0.717, 1.165) is 89.7 Å². The van der Waals surface area contributed by atoms with E-state index in [2.05, 4.69) is 92.7 Å². The van der Waals surface area contributed by atoms with Crippen LogP contribution in [-0.2, 0) is 44.2 Å². The smallest absolute Gasteiger partial charge is 0.162 e. The van der Waals surface area contributed by atoms with E-state index in [1.165, 1.54) is 33.7 Å². The van der Waals surface area contributed by atoms with Crippen molar-refractivity contribution in [1.82, 2.24) is 9.97 Å². The average Bonchev–Trinajstić information content (AvgIpc) is 3.55. The Hall–Kier alpha value is -4.38. The number of fused-ring (bicyclic) bond motifs is 6. The summed E-state index contributed by atoms with van der Waals surface area (Å²) in [7, 11) is 0. The van der Waals surface area contributed by atoms with Gasteiger partial charge in [-0.25, -0.2) is 4.98 Å². The first-order valence-corrected chi connectivity index (χ1v) is 19.1. The van der Waals surface area contributed by atoms with Crippen LogP contribution in [0.25, 0.3) is 55.6 Å². The normalized spacial score (nSPS) is 12.4. The summed E-state index contributed by atoms with van der Waals surface area (Å²) in [5, 5.41) is 13.1. The standard InChI is InChI=1S/C34H27N2O.C13H24O2.Ir/c1-21(2)18-26-14-12-23-13-15-28-31-30(37-34(28)33(23)36-26)16-17-35-32(31)25-19-24-10-6-7-11-27(24)29(20-25)22-8-4-3-5-9-22;1-5-10(6-2)12(14)9-13(15)11(7-3)8-4;/h3-12,14,16-17,20-21H,13,15,18H2,1-2H3;9-11,14H,5-8H2,1-4H3;/q-1;;/b;12-9-;. The summed E-state index contributed by atoms with van der Waals surface area (Å²) >= 11 is 0. The molecule has 0 unspecified atom stereocenters. The summed E-state index contributed by atoms with van der Waals surface area (Å²) in [6.45, 7) is 12.5. The molecule has 0 bridgehead atoms. The Bertz CT molecular complexity index is 2190. The predicted molar refractivity (Wildman–Crippen MR) is 214 cm³/mol. The topological polar surface area (TPSA) is 76.2 Å². The molecule has 0 amide bonds. The third kappa shape index (κ3) is 8.72. The van der Waals surface area contributed by atoms with Crippen molar-refractivity contribution in [2.24, 2.45) is 17.8 Å². The molecule has 0 spiro atoms. The number of carbonyl (C=O) groups is 1. The number of hydrogen-bond acceptors (Lipinski definition) is 5. The van der Waals surface area contributed by atoms with Crippen molar-refractivity contribution in [2.45, 2.75) is 86.5 Å². The van der Waals surface area contributed by atoms with Crippen LogP contribution in [0, 0.1) is 23.8 Å². The number of furan rings is 1. The summed E-state index contributed by atoms with van der Waals surface area (Å²) in [5.74, 6) is 2.01. The second-order valence-electron chi connectivity index (χ2n) is 14.4. The molecule has 0 atom stereocenters. The minimum atomic E-state index is 0. The maximum atomic E-state index is 11.7. The Morgan fingerprint density at radius 2 is 1.57 bits per heavy atom. The Morgan fingerprint density at radius 1 is 0.868 bits per heavy atom. The summed E-state index contributed by atoms with van der Waals surface area (Å²) in [6.07, 6.45) is 9.59. The number of nitrogens with zero attached hydrogens (tertiary/aromatic N) is 2. The van der Waals surface area contributed by atoms with Crippen molar-refractivity contribution in [1.29, 1.82) is 0 Å². The Balaban J connectivity index is 0.000000290. The van der Waals surface area contributed by atoms with Gasteiger partial charge in [0, 0.05) is 66.6 Å². The van der Waals surface area contributed by atoms with Gasteiger partial charge in [0.15, 0.2) is 11.5 Å². The van der Waals surface area contributed by atoms with Crippen LogP contribution in [0.4, 0.5) is 0 Å². The number of carbonyl (C=O) groups excluding carboxylic acids is 1. The number of aryl methyl sites for hydroxylation is 2. The van der Waals surface area contributed by atoms with Gasteiger partial charge in [-0.1, -0.05) is 113 Å². The molecule has 3 aromatic heterocycles. The minimum Gasteiger partial charge on any atom is -0.512 e. The van der Waals surface area contributed by atoms with Gasteiger partial charge in [0.25, 0.3) is 0 Å². The van der Waals surface area contributed by atoms with E-state index in [9.17, 15) is 9.90 Å². The molecule has 5 nitrogen and oxygen atoms in total. The number of aliphatic hydroxyl groups is 1. The fourth-order valence-corrected chi connectivity index (χ4v) is 7.45. The molecule has 6 aromatic rings. The first kappa shape index (κ1) is 39.8. The van der Waals surface area contributed by atoms with Crippen molar-refractivity contribution in [3.05, 3.63) is 120 Å². The van der Waals surface area contributed by atoms with E-state index in [1.54, 1.807) is 0 Å². The molecule has 1 N–H and O–H groups in total. The maximum absolute atomic E-state index is 11.7. The fraction of sp³-hybridized carbons (Fsp3) is 0.340. The zero-order valence-electron chi connectivity index (χ0n) is 31.8. The van der Waals surface area contributed by atoms with E-state index in [0.29, 0.717) is 5.92 Å². The molecular formula is C47H51IrN2O3-. The molecular weight excluding hydrogens is 833 g/mol. The molecule has 0 aliphatic heterocycles. The van der Waals surface area contributed by atoms with Crippen molar-refractivity contribution in [3.8, 4) is 33.8 Å². The average molecular weight is 884 g/mol. The number of aliphatic hydroxyl groups excluding tert-OH is 1. The molecule has 1 aliphatic carbocycles. The van der Waals surface area contributed by atoms with E-state index in [1.807, 2.05) is 40.0 Å². The molecule has 3 heterocycles. The second kappa shape index (κ2) is 18.1. The molecule has 1 aliphatic rings. The van der Waals surface area contributed by atoms with Crippen LogP contribution in [0.2, 0.25) is 0 Å². The van der Waals surface area contributed by atoms with E-state index >= 15 is 0 Å². The predicted octanol–water partition coefficient (Wildman–Crippen LogP) is 12.3. The van der Waals surface area contributed by atoms with Gasteiger partial charge in [-0.2, -0.15) is 0 Å². The van der Waals surface area contributed by atoms with Crippen LogP contribution >= 0.6 is 0 Å². The molecule has 3 aromatic carbocycles. The number of ketones is 1. The van der Waals surface area contributed by atoms with Gasteiger partial charge in [0.1, 0.15) is 11.3 Å². The van der Waals surface area contributed by atoms with Gasteiger partial charge in [-0.05, 0) is 74.1 Å². The largest absolute Gasteiger partial charge is 0.512 e. The summed E-state index contributed by atoms with van der Waals surface area (Å²) in [4.78, 5) is 21.7. The Kier molecular flexibility index (Phi) is 13.6. The van der Waals surface area contributed by atoms with Crippen LogP contribution in [0.1, 0.15) is 84.0 Å². The molecule has 1 radical (unpaired) electrons. The Labute approximate surface area is 328 Å². The SMILES string of the molecule is CC(C)Cc1ccc2c(n1)-c1oc3ccnc(-c4[c-]c5ccccc5c(-c5ccccc5)c4)c3c1CC2.CCC(CC)C(=O)/C=C(\O)C(CC)CC.[Ir]. The summed E-state index contributed by atoms with van der Waals surface area (Å²) in [5.41, 5.74) is 9.73. The van der Waals surface area contributed by atoms with E-state index < -0.39 is 0 Å². The molecule has 0 saturated heterocycles. The van der Waals surface area contributed by atoms with Crippen LogP contribution in [0.15, 0.2) is 101 Å². The number of pyridine rings is 2. The van der Waals surface area contributed by atoms with Crippen molar-refractivity contribution < 1.29 is 34.4 Å². The minimum absolute atomic E-state index is 0. The molecule has 6 heteroatoms. The quantitative estimate of drug-likeness (QED) is 0.0797. The summed E-state index contributed by atoms with van der Waals surface area (Å²) in [6, 6.07) is 31.3. The van der Waals surface area contributed by atoms with Gasteiger partial charge in [0.2, 0.25) is 0 Å². The molecule has 277 valence electrons. The second-order valence-corrected chi connectivity index (χ2v) is 14.4. The monoisotopic (exact) mass is 884 g/mol. The van der Waals surface area contributed by atoms with E-state index in [4.69, 9.17) is 14.4 Å². The Morgan fingerprint density at radius 3 is 2.26 bits per heavy atom. The number of hydrogen-bond donors (Lipinski definition) is 1. The van der Waals surface area contributed by atoms with Crippen molar-refractivity contribution >= 4 is 27.5 Å². The third-order valence-electron chi connectivity index (χ3n) is 10.4. The van der Waals surface area contributed by atoms with E-state index in [-0.39, 0.29) is 43.5 Å². The van der Waals surface area contributed by atoms with Gasteiger partial charge in [0.05, 0.1) is 5.76 Å². The van der Waals surface area contributed by atoms with Crippen molar-refractivity contribution in [2.75, 3.05) is 0 Å². The van der Waals surface area contributed by atoms with Crippen molar-refractivity contribution in [3.63, 3.8) is 0 Å². The van der Waals surface area contributed by atoms with Crippen LogP contribution in [0.5, 0.6) is 0 Å². The molecule has 0 fully saturated rings. The van der Waals surface area contributed by atoms with Gasteiger partial charge in [-0.3, -0.25) is 9.78 Å². The van der Waals surface area contributed by atoms with Gasteiger partial charge < -0.3 is 9.52 Å². The third-order valence-corrected chi connectivity index (χ3v) is 10.4. The number of benzene rings is 3. The molecule has 53 heavy (non-hydrogen) atoms. The first-order chi connectivity index (χ1) is 25.3. The zero-order chi connectivity index (χ0) is 36.8. The molecule has 7 rings (SSSR count).